The van der Waals surface area contributed by atoms with Crippen LogP contribution in [0.1, 0.15) is 48.2 Å². The van der Waals surface area contributed by atoms with Crippen LogP contribution in [0.5, 0.6) is 0 Å². The number of aryl methyl sites for hydroxylation is 1. The lowest BCUT2D eigenvalue weighted by molar-refractivity contribution is 0.0919. The molecule has 2 nitrogen and oxygen atoms in total. The van der Waals surface area contributed by atoms with Crippen molar-refractivity contribution >= 4 is 16.8 Å². The van der Waals surface area contributed by atoms with E-state index in [0.717, 1.165) is 22.8 Å². The molecule has 2 aliphatic carbocycles. The van der Waals surface area contributed by atoms with Gasteiger partial charge in [0.1, 0.15) is 5.58 Å². The summed E-state index contributed by atoms with van der Waals surface area (Å²) in [6.45, 7) is 2.06. The summed E-state index contributed by atoms with van der Waals surface area (Å²) < 4.78 is 5.73. The Kier molecular flexibility index (Phi) is 2.73. The summed E-state index contributed by atoms with van der Waals surface area (Å²) in [4.78, 5) is 12.4. The van der Waals surface area contributed by atoms with Gasteiger partial charge in [0.05, 0.1) is 0 Å². The second kappa shape index (κ2) is 4.47. The molecule has 1 aromatic carbocycles. The normalized spacial score (nSPS) is 28.4. The van der Waals surface area contributed by atoms with E-state index in [0.29, 0.717) is 18.1 Å². The zero-order chi connectivity index (χ0) is 13.7. The number of Topliss-reactive ketones (excluding diaryl/α,β-unsaturated/α-hetero) is 1. The summed E-state index contributed by atoms with van der Waals surface area (Å²) in [5.74, 6) is 3.05. The van der Waals surface area contributed by atoms with E-state index in [2.05, 4.69) is 13.0 Å². The topological polar surface area (TPSA) is 30.2 Å². The SMILES string of the molecule is Cc1ccc2oc(C(=O)CC3CC4CCC3C4)cc2c1. The average molecular weight is 268 g/mol. The Labute approximate surface area is 119 Å². The van der Waals surface area contributed by atoms with Crippen LogP contribution in [-0.2, 0) is 0 Å². The van der Waals surface area contributed by atoms with Crippen LogP contribution in [-0.4, -0.2) is 5.78 Å². The number of carbonyl (C=O) groups is 1. The van der Waals surface area contributed by atoms with E-state index in [1.54, 1.807) is 0 Å². The fraction of sp³-hybridized carbons (Fsp3) is 0.500. The van der Waals surface area contributed by atoms with Crippen LogP contribution in [0.25, 0.3) is 11.0 Å². The van der Waals surface area contributed by atoms with E-state index >= 15 is 0 Å². The molecule has 2 saturated carbocycles. The zero-order valence-corrected chi connectivity index (χ0v) is 11.9. The molecule has 2 aromatic rings. The maximum atomic E-state index is 12.4. The summed E-state index contributed by atoms with van der Waals surface area (Å²) >= 11 is 0. The minimum absolute atomic E-state index is 0.191. The Balaban J connectivity index is 1.54. The number of hydrogen-bond acceptors (Lipinski definition) is 2. The highest BCUT2D eigenvalue weighted by molar-refractivity contribution is 5.97. The number of fused-ring (bicyclic) bond motifs is 3. The molecule has 2 bridgehead atoms. The lowest BCUT2D eigenvalue weighted by Gasteiger charge is -2.20. The van der Waals surface area contributed by atoms with Gasteiger partial charge in [-0.1, -0.05) is 18.1 Å². The molecule has 104 valence electrons. The maximum Gasteiger partial charge on any atom is 0.198 e. The Bertz CT molecular complexity index is 667. The van der Waals surface area contributed by atoms with Crippen LogP contribution in [0, 0.1) is 24.7 Å². The highest BCUT2D eigenvalue weighted by atomic mass is 16.3. The van der Waals surface area contributed by atoms with Gasteiger partial charge in [-0.3, -0.25) is 4.79 Å². The van der Waals surface area contributed by atoms with Gasteiger partial charge in [0.2, 0.25) is 0 Å². The first kappa shape index (κ1) is 12.2. The fourth-order valence-electron chi connectivity index (χ4n) is 4.27. The third-order valence-electron chi connectivity index (χ3n) is 5.28. The van der Waals surface area contributed by atoms with Crippen LogP contribution < -0.4 is 0 Å². The van der Waals surface area contributed by atoms with Gasteiger partial charge >= 0.3 is 0 Å². The molecule has 1 heterocycles. The number of rotatable bonds is 3. The fourth-order valence-corrected chi connectivity index (χ4v) is 4.27. The molecule has 0 radical (unpaired) electrons. The predicted molar refractivity (Wildman–Crippen MR) is 78.8 cm³/mol. The van der Waals surface area contributed by atoms with Crippen molar-refractivity contribution < 1.29 is 9.21 Å². The second-order valence-electron chi connectivity index (χ2n) is 6.71. The van der Waals surface area contributed by atoms with Gasteiger partial charge in [-0.25, -0.2) is 0 Å². The van der Waals surface area contributed by atoms with Gasteiger partial charge in [0.15, 0.2) is 11.5 Å². The molecule has 0 amide bonds. The molecule has 0 saturated heterocycles. The largest absolute Gasteiger partial charge is 0.453 e. The van der Waals surface area contributed by atoms with E-state index in [1.165, 1.54) is 31.2 Å². The number of furan rings is 1. The summed E-state index contributed by atoms with van der Waals surface area (Å²) in [6, 6.07) is 7.97. The first-order valence-electron chi connectivity index (χ1n) is 7.72. The summed E-state index contributed by atoms with van der Waals surface area (Å²) in [5, 5.41) is 1.04. The third kappa shape index (κ3) is 1.98. The van der Waals surface area contributed by atoms with Gasteiger partial charge in [0.25, 0.3) is 0 Å². The smallest absolute Gasteiger partial charge is 0.198 e. The summed E-state index contributed by atoms with van der Waals surface area (Å²) in [7, 11) is 0. The quantitative estimate of drug-likeness (QED) is 0.752. The van der Waals surface area contributed by atoms with Crippen LogP contribution in [0.3, 0.4) is 0 Å². The van der Waals surface area contributed by atoms with Crippen LogP contribution in [0.2, 0.25) is 0 Å². The summed E-state index contributed by atoms with van der Waals surface area (Å²) in [6.07, 6.45) is 6.02. The highest BCUT2D eigenvalue weighted by Crippen LogP contribution is 2.49. The van der Waals surface area contributed by atoms with E-state index in [9.17, 15) is 4.79 Å². The molecule has 2 heteroatoms. The third-order valence-corrected chi connectivity index (χ3v) is 5.28. The Morgan fingerprint density at radius 3 is 2.90 bits per heavy atom. The minimum Gasteiger partial charge on any atom is -0.453 e. The van der Waals surface area contributed by atoms with Crippen LogP contribution >= 0.6 is 0 Å². The van der Waals surface area contributed by atoms with Crippen molar-refractivity contribution in [3.63, 3.8) is 0 Å². The molecular weight excluding hydrogens is 248 g/mol. The van der Waals surface area contributed by atoms with Crippen molar-refractivity contribution in [2.75, 3.05) is 0 Å². The van der Waals surface area contributed by atoms with Crippen molar-refractivity contribution in [2.24, 2.45) is 17.8 Å². The van der Waals surface area contributed by atoms with E-state index in [1.807, 2.05) is 18.2 Å². The molecular formula is C18H20O2. The van der Waals surface area contributed by atoms with Crippen LogP contribution in [0.4, 0.5) is 0 Å². The molecule has 4 rings (SSSR count). The molecule has 20 heavy (non-hydrogen) atoms. The molecule has 2 fully saturated rings. The first-order chi connectivity index (χ1) is 9.69. The van der Waals surface area contributed by atoms with Crippen molar-refractivity contribution in [3.8, 4) is 0 Å². The molecule has 0 aliphatic heterocycles. The molecule has 2 aliphatic rings. The molecule has 0 N–H and O–H groups in total. The first-order valence-corrected chi connectivity index (χ1v) is 7.72. The number of hydrogen-bond donors (Lipinski definition) is 0. The van der Waals surface area contributed by atoms with Crippen molar-refractivity contribution in [2.45, 2.75) is 39.0 Å². The Morgan fingerprint density at radius 2 is 2.15 bits per heavy atom. The van der Waals surface area contributed by atoms with Crippen molar-refractivity contribution in [3.05, 3.63) is 35.6 Å². The lowest BCUT2D eigenvalue weighted by Crippen LogP contribution is -2.14. The van der Waals surface area contributed by atoms with Gasteiger partial charge in [-0.2, -0.15) is 0 Å². The molecule has 3 unspecified atom stereocenters. The van der Waals surface area contributed by atoms with E-state index in [-0.39, 0.29) is 5.78 Å². The zero-order valence-electron chi connectivity index (χ0n) is 11.9. The number of carbonyl (C=O) groups excluding carboxylic acids is 1. The minimum atomic E-state index is 0.191. The molecule has 3 atom stereocenters. The predicted octanol–water partition coefficient (Wildman–Crippen LogP) is 4.75. The van der Waals surface area contributed by atoms with E-state index < -0.39 is 0 Å². The van der Waals surface area contributed by atoms with Gasteiger partial charge < -0.3 is 4.42 Å². The lowest BCUT2D eigenvalue weighted by atomic mass is 9.85. The molecule has 1 aromatic heterocycles. The number of ketones is 1. The van der Waals surface area contributed by atoms with E-state index in [4.69, 9.17) is 4.42 Å². The maximum absolute atomic E-state index is 12.4. The molecule has 0 spiro atoms. The Morgan fingerprint density at radius 1 is 1.25 bits per heavy atom. The monoisotopic (exact) mass is 268 g/mol. The van der Waals surface area contributed by atoms with Gasteiger partial charge in [-0.15, -0.1) is 0 Å². The van der Waals surface area contributed by atoms with Crippen molar-refractivity contribution in [1.29, 1.82) is 0 Å². The van der Waals surface area contributed by atoms with Crippen LogP contribution in [0.15, 0.2) is 28.7 Å². The van der Waals surface area contributed by atoms with Crippen molar-refractivity contribution in [1.82, 2.24) is 0 Å². The van der Waals surface area contributed by atoms with Gasteiger partial charge in [-0.05, 0) is 62.1 Å². The Hall–Kier alpha value is -1.57. The second-order valence-corrected chi connectivity index (χ2v) is 6.71. The average Bonchev–Trinajstić information content (AvgIpc) is 3.11. The number of benzene rings is 1. The van der Waals surface area contributed by atoms with Gasteiger partial charge in [0, 0.05) is 11.8 Å². The summed E-state index contributed by atoms with van der Waals surface area (Å²) in [5.41, 5.74) is 2.03. The standard InChI is InChI=1S/C18H20O2/c1-11-2-5-17-15(6-11)10-18(20-17)16(19)9-14-8-12-3-4-13(14)7-12/h2,5-6,10,12-14H,3-4,7-9H2,1H3. The highest BCUT2D eigenvalue weighted by Gasteiger charge is 2.40.